The Morgan fingerprint density at radius 3 is 2.47 bits per heavy atom. The van der Waals surface area contributed by atoms with E-state index in [-0.39, 0.29) is 17.9 Å². The SMILES string of the molecule is NCCNCc1ccc([N+](=O)[O-])cc1[N+](=O)[O-]. The summed E-state index contributed by atoms with van der Waals surface area (Å²) in [6.45, 7) is 1.19. The van der Waals surface area contributed by atoms with Gasteiger partial charge in [-0.15, -0.1) is 0 Å². The fraction of sp³-hybridized carbons (Fsp3) is 0.333. The number of hydrogen-bond acceptors (Lipinski definition) is 6. The summed E-state index contributed by atoms with van der Waals surface area (Å²) in [6.07, 6.45) is 0. The zero-order valence-corrected chi connectivity index (χ0v) is 8.96. The molecule has 0 amide bonds. The summed E-state index contributed by atoms with van der Waals surface area (Å²) >= 11 is 0. The molecule has 1 aromatic carbocycles. The van der Waals surface area contributed by atoms with E-state index in [4.69, 9.17) is 5.73 Å². The molecule has 0 saturated carbocycles. The third-order valence-corrected chi connectivity index (χ3v) is 2.11. The summed E-state index contributed by atoms with van der Waals surface area (Å²) in [5.41, 5.74) is 5.11. The van der Waals surface area contributed by atoms with Crippen molar-refractivity contribution in [1.82, 2.24) is 5.32 Å². The number of nitrogens with zero attached hydrogens (tertiary/aromatic N) is 2. The predicted molar refractivity (Wildman–Crippen MR) is 60.5 cm³/mol. The maximum atomic E-state index is 10.8. The first-order valence-corrected chi connectivity index (χ1v) is 4.88. The Labute approximate surface area is 96.7 Å². The molecule has 0 aromatic heterocycles. The highest BCUT2D eigenvalue weighted by Crippen LogP contribution is 2.24. The number of rotatable bonds is 6. The van der Waals surface area contributed by atoms with Crippen LogP contribution in [0.15, 0.2) is 18.2 Å². The Bertz CT molecular complexity index is 435. The van der Waals surface area contributed by atoms with Gasteiger partial charge in [-0.05, 0) is 6.07 Å². The van der Waals surface area contributed by atoms with E-state index in [1.165, 1.54) is 12.1 Å². The Hall–Kier alpha value is -2.06. The first-order chi connectivity index (χ1) is 8.06. The minimum atomic E-state index is -0.663. The van der Waals surface area contributed by atoms with Crippen LogP contribution in [0.2, 0.25) is 0 Å². The van der Waals surface area contributed by atoms with Crippen LogP contribution < -0.4 is 11.1 Å². The lowest BCUT2D eigenvalue weighted by Crippen LogP contribution is -2.22. The maximum absolute atomic E-state index is 10.8. The third-order valence-electron chi connectivity index (χ3n) is 2.11. The molecule has 0 aliphatic rings. The van der Waals surface area contributed by atoms with Crippen LogP contribution in [0.5, 0.6) is 0 Å². The normalized spacial score (nSPS) is 10.2. The van der Waals surface area contributed by atoms with E-state index in [0.29, 0.717) is 18.7 Å². The minimum absolute atomic E-state index is 0.255. The lowest BCUT2D eigenvalue weighted by molar-refractivity contribution is -0.394. The van der Waals surface area contributed by atoms with Crippen LogP contribution in [0.3, 0.4) is 0 Å². The van der Waals surface area contributed by atoms with E-state index in [2.05, 4.69) is 5.32 Å². The Morgan fingerprint density at radius 2 is 1.94 bits per heavy atom. The molecular formula is C9H12N4O4. The third kappa shape index (κ3) is 3.47. The molecular weight excluding hydrogens is 228 g/mol. The van der Waals surface area contributed by atoms with Crippen molar-refractivity contribution in [2.75, 3.05) is 13.1 Å². The lowest BCUT2D eigenvalue weighted by atomic mass is 10.1. The van der Waals surface area contributed by atoms with Gasteiger partial charge in [-0.25, -0.2) is 0 Å². The van der Waals surface area contributed by atoms with E-state index in [1.54, 1.807) is 0 Å². The number of non-ortho nitro benzene ring substituents is 1. The van der Waals surface area contributed by atoms with Crippen molar-refractivity contribution in [3.63, 3.8) is 0 Å². The molecule has 0 heterocycles. The first-order valence-electron chi connectivity index (χ1n) is 4.88. The van der Waals surface area contributed by atoms with Gasteiger partial charge in [-0.3, -0.25) is 20.2 Å². The summed E-state index contributed by atoms with van der Waals surface area (Å²) in [6, 6.07) is 3.58. The van der Waals surface area contributed by atoms with Crippen molar-refractivity contribution in [2.24, 2.45) is 5.73 Å². The second kappa shape index (κ2) is 5.87. The van der Waals surface area contributed by atoms with E-state index in [0.717, 1.165) is 6.07 Å². The van der Waals surface area contributed by atoms with Gasteiger partial charge in [0.25, 0.3) is 11.4 Å². The van der Waals surface area contributed by atoms with E-state index < -0.39 is 9.85 Å². The quantitative estimate of drug-likeness (QED) is 0.425. The van der Waals surface area contributed by atoms with Crippen LogP contribution in [0.1, 0.15) is 5.56 Å². The Balaban J connectivity index is 2.96. The standard InChI is InChI=1S/C9H12N4O4/c10-3-4-11-6-7-1-2-8(12(14)15)5-9(7)13(16)17/h1-2,5,11H,3-4,6,10H2. The second-order valence-corrected chi connectivity index (χ2v) is 3.29. The number of nitro groups is 2. The summed E-state index contributed by atoms with van der Waals surface area (Å²) in [7, 11) is 0. The fourth-order valence-corrected chi connectivity index (χ4v) is 1.31. The van der Waals surface area contributed by atoms with E-state index >= 15 is 0 Å². The molecule has 1 rings (SSSR count). The highest BCUT2D eigenvalue weighted by Gasteiger charge is 2.18. The topological polar surface area (TPSA) is 124 Å². The van der Waals surface area contributed by atoms with Crippen LogP contribution in [0, 0.1) is 20.2 Å². The van der Waals surface area contributed by atoms with Crippen LogP contribution >= 0.6 is 0 Å². The van der Waals surface area contributed by atoms with Crippen molar-refractivity contribution in [1.29, 1.82) is 0 Å². The van der Waals surface area contributed by atoms with Crippen LogP contribution in [0.25, 0.3) is 0 Å². The minimum Gasteiger partial charge on any atom is -0.329 e. The number of hydrogen-bond donors (Lipinski definition) is 2. The molecule has 8 nitrogen and oxygen atoms in total. The van der Waals surface area contributed by atoms with Gasteiger partial charge >= 0.3 is 0 Å². The molecule has 1 aromatic rings. The molecule has 0 aliphatic heterocycles. The predicted octanol–water partition coefficient (Wildman–Crippen LogP) is 0.551. The van der Waals surface area contributed by atoms with Gasteiger partial charge in [0.2, 0.25) is 0 Å². The zero-order chi connectivity index (χ0) is 12.8. The molecule has 0 saturated heterocycles. The fourth-order valence-electron chi connectivity index (χ4n) is 1.31. The number of benzene rings is 1. The molecule has 92 valence electrons. The van der Waals surface area contributed by atoms with Crippen molar-refractivity contribution >= 4 is 11.4 Å². The highest BCUT2D eigenvalue weighted by molar-refractivity contribution is 5.49. The molecule has 8 heteroatoms. The second-order valence-electron chi connectivity index (χ2n) is 3.29. The average molecular weight is 240 g/mol. The van der Waals surface area contributed by atoms with Gasteiger partial charge in [0.05, 0.1) is 15.9 Å². The van der Waals surface area contributed by atoms with Crippen LogP contribution in [-0.2, 0) is 6.54 Å². The van der Waals surface area contributed by atoms with Gasteiger partial charge in [0.1, 0.15) is 0 Å². The van der Waals surface area contributed by atoms with Gasteiger partial charge in [-0.1, -0.05) is 0 Å². The van der Waals surface area contributed by atoms with Crippen molar-refractivity contribution in [3.05, 3.63) is 44.0 Å². The van der Waals surface area contributed by atoms with E-state index in [1.807, 2.05) is 0 Å². The van der Waals surface area contributed by atoms with Crippen LogP contribution in [0.4, 0.5) is 11.4 Å². The molecule has 17 heavy (non-hydrogen) atoms. The molecule has 0 radical (unpaired) electrons. The maximum Gasteiger partial charge on any atom is 0.280 e. The summed E-state index contributed by atoms with van der Waals surface area (Å²) in [5, 5.41) is 24.2. The monoisotopic (exact) mass is 240 g/mol. The Morgan fingerprint density at radius 1 is 1.24 bits per heavy atom. The summed E-state index contributed by atoms with van der Waals surface area (Å²) in [4.78, 5) is 20.0. The lowest BCUT2D eigenvalue weighted by Gasteiger charge is -2.04. The largest absolute Gasteiger partial charge is 0.329 e. The molecule has 0 bridgehead atoms. The molecule has 0 atom stereocenters. The smallest absolute Gasteiger partial charge is 0.280 e. The highest BCUT2D eigenvalue weighted by atomic mass is 16.6. The molecule has 0 fully saturated rings. The molecule has 3 N–H and O–H groups in total. The van der Waals surface area contributed by atoms with Crippen molar-refractivity contribution in [2.45, 2.75) is 6.54 Å². The summed E-state index contributed by atoms with van der Waals surface area (Å²) in [5.74, 6) is 0. The number of nitrogens with two attached hydrogens (primary N) is 1. The van der Waals surface area contributed by atoms with Gasteiger partial charge in [0, 0.05) is 31.3 Å². The molecule has 0 aliphatic carbocycles. The Kier molecular flexibility index (Phi) is 4.49. The molecule has 0 spiro atoms. The zero-order valence-electron chi connectivity index (χ0n) is 8.96. The number of nitrogens with one attached hydrogen (secondary N) is 1. The number of nitro benzene ring substituents is 2. The summed E-state index contributed by atoms with van der Waals surface area (Å²) < 4.78 is 0. The first kappa shape index (κ1) is 13.0. The van der Waals surface area contributed by atoms with Gasteiger partial charge < -0.3 is 11.1 Å². The van der Waals surface area contributed by atoms with Crippen molar-refractivity contribution < 1.29 is 9.85 Å². The van der Waals surface area contributed by atoms with Gasteiger partial charge in [0.15, 0.2) is 0 Å². The molecule has 0 unspecified atom stereocenters. The van der Waals surface area contributed by atoms with Gasteiger partial charge in [-0.2, -0.15) is 0 Å². The average Bonchev–Trinajstić information content (AvgIpc) is 2.29. The van der Waals surface area contributed by atoms with Crippen LogP contribution in [-0.4, -0.2) is 22.9 Å². The van der Waals surface area contributed by atoms with Crippen molar-refractivity contribution in [3.8, 4) is 0 Å². The van der Waals surface area contributed by atoms with E-state index in [9.17, 15) is 20.2 Å².